The summed E-state index contributed by atoms with van der Waals surface area (Å²) >= 11 is 3.85. The quantitative estimate of drug-likeness (QED) is 0.288. The van der Waals surface area contributed by atoms with Gasteiger partial charge in [0.05, 0.1) is 0 Å². The molecule has 0 heterocycles. The van der Waals surface area contributed by atoms with Crippen LogP contribution in [-0.2, 0) is 0 Å². The van der Waals surface area contributed by atoms with E-state index in [4.69, 9.17) is 0 Å². The first kappa shape index (κ1) is 17.0. The van der Waals surface area contributed by atoms with Crippen LogP contribution in [0.25, 0.3) is 32.7 Å². The zero-order chi connectivity index (χ0) is 18.2. The van der Waals surface area contributed by atoms with Gasteiger partial charge in [0, 0.05) is 4.47 Å². The molecule has 0 saturated heterocycles. The summed E-state index contributed by atoms with van der Waals surface area (Å²) in [6.07, 6.45) is 6.88. The Bertz CT molecular complexity index is 1050. The van der Waals surface area contributed by atoms with Crippen molar-refractivity contribution < 1.29 is 0 Å². The van der Waals surface area contributed by atoms with Crippen molar-refractivity contribution in [3.63, 3.8) is 0 Å². The molecule has 0 bridgehead atoms. The third-order valence-electron chi connectivity index (χ3n) is 6.14. The standard InChI is InChI=1S/C26H23Br/c27-26-23-12-6-4-10-21(23)25(22-11-5-7-13-24(22)26)20-16-14-19(15-17-20)18-8-2-1-3-9-18/h4-7,10-18H,1-3,8-9H2. The minimum absolute atomic E-state index is 0.756. The van der Waals surface area contributed by atoms with Crippen molar-refractivity contribution >= 4 is 37.5 Å². The maximum absolute atomic E-state index is 3.85. The molecule has 1 aliphatic rings. The van der Waals surface area contributed by atoms with E-state index in [0.29, 0.717) is 0 Å². The van der Waals surface area contributed by atoms with Crippen LogP contribution in [0.15, 0.2) is 77.3 Å². The lowest BCUT2D eigenvalue weighted by atomic mass is 9.83. The molecule has 0 nitrogen and oxygen atoms in total. The fourth-order valence-corrected chi connectivity index (χ4v) is 5.44. The fourth-order valence-electron chi connectivity index (χ4n) is 4.74. The van der Waals surface area contributed by atoms with E-state index in [0.717, 1.165) is 5.92 Å². The molecule has 0 unspecified atom stereocenters. The zero-order valence-electron chi connectivity index (χ0n) is 15.4. The Balaban J connectivity index is 1.70. The number of rotatable bonds is 2. The van der Waals surface area contributed by atoms with E-state index >= 15 is 0 Å². The lowest BCUT2D eigenvalue weighted by molar-refractivity contribution is 0.443. The van der Waals surface area contributed by atoms with Crippen molar-refractivity contribution in [2.75, 3.05) is 0 Å². The number of fused-ring (bicyclic) bond motifs is 2. The van der Waals surface area contributed by atoms with Crippen molar-refractivity contribution in [1.29, 1.82) is 0 Å². The molecule has 0 amide bonds. The summed E-state index contributed by atoms with van der Waals surface area (Å²) in [6.45, 7) is 0. The van der Waals surface area contributed by atoms with Gasteiger partial charge in [-0.1, -0.05) is 92.1 Å². The number of benzene rings is 4. The van der Waals surface area contributed by atoms with Gasteiger partial charge in [-0.05, 0) is 72.9 Å². The van der Waals surface area contributed by atoms with Gasteiger partial charge in [0.1, 0.15) is 0 Å². The molecule has 5 rings (SSSR count). The maximum Gasteiger partial charge on any atom is 0.0332 e. The molecule has 1 saturated carbocycles. The van der Waals surface area contributed by atoms with Gasteiger partial charge >= 0.3 is 0 Å². The largest absolute Gasteiger partial charge is 0.0616 e. The minimum Gasteiger partial charge on any atom is -0.0616 e. The molecule has 1 heteroatoms. The highest BCUT2D eigenvalue weighted by atomic mass is 79.9. The Morgan fingerprint density at radius 2 is 1.11 bits per heavy atom. The van der Waals surface area contributed by atoms with Gasteiger partial charge in [-0.25, -0.2) is 0 Å². The number of hydrogen-bond donors (Lipinski definition) is 0. The topological polar surface area (TPSA) is 0 Å². The van der Waals surface area contributed by atoms with E-state index in [1.54, 1.807) is 0 Å². The first-order valence-corrected chi connectivity index (χ1v) is 10.8. The average Bonchev–Trinajstić information content (AvgIpc) is 2.75. The van der Waals surface area contributed by atoms with E-state index in [2.05, 4.69) is 88.7 Å². The van der Waals surface area contributed by atoms with Crippen molar-refractivity contribution in [1.82, 2.24) is 0 Å². The predicted molar refractivity (Wildman–Crippen MR) is 120 cm³/mol. The number of hydrogen-bond acceptors (Lipinski definition) is 0. The molecule has 1 fully saturated rings. The Labute approximate surface area is 169 Å². The van der Waals surface area contributed by atoms with Crippen LogP contribution in [0.3, 0.4) is 0 Å². The summed E-state index contributed by atoms with van der Waals surface area (Å²) in [4.78, 5) is 0. The van der Waals surface area contributed by atoms with Crippen molar-refractivity contribution in [3.05, 3.63) is 82.8 Å². The maximum atomic E-state index is 3.85. The van der Waals surface area contributed by atoms with Gasteiger partial charge in [0.25, 0.3) is 0 Å². The Morgan fingerprint density at radius 1 is 0.593 bits per heavy atom. The van der Waals surface area contributed by atoms with Gasteiger partial charge in [-0.2, -0.15) is 0 Å². The van der Waals surface area contributed by atoms with Crippen LogP contribution >= 0.6 is 15.9 Å². The molecule has 1 aliphatic carbocycles. The van der Waals surface area contributed by atoms with Crippen molar-refractivity contribution in [2.24, 2.45) is 0 Å². The van der Waals surface area contributed by atoms with E-state index in [1.165, 1.54) is 74.8 Å². The molecule has 0 atom stereocenters. The Morgan fingerprint density at radius 3 is 1.67 bits per heavy atom. The average molecular weight is 415 g/mol. The van der Waals surface area contributed by atoms with Crippen molar-refractivity contribution in [3.8, 4) is 11.1 Å². The minimum atomic E-state index is 0.756. The van der Waals surface area contributed by atoms with Crippen LogP contribution in [0.5, 0.6) is 0 Å². The third-order valence-corrected chi connectivity index (χ3v) is 7.00. The molecule has 27 heavy (non-hydrogen) atoms. The first-order chi connectivity index (χ1) is 13.3. The smallest absolute Gasteiger partial charge is 0.0332 e. The monoisotopic (exact) mass is 414 g/mol. The first-order valence-electron chi connectivity index (χ1n) is 10.0. The molecule has 134 valence electrons. The van der Waals surface area contributed by atoms with Gasteiger partial charge in [0.15, 0.2) is 0 Å². The molecule has 0 spiro atoms. The van der Waals surface area contributed by atoms with E-state index in [-0.39, 0.29) is 0 Å². The lowest BCUT2D eigenvalue weighted by Gasteiger charge is -2.22. The van der Waals surface area contributed by atoms with Crippen LogP contribution < -0.4 is 0 Å². The fraction of sp³-hybridized carbons (Fsp3) is 0.231. The SMILES string of the molecule is Brc1c2ccccc2c(-c2ccc(C3CCCCC3)cc2)c2ccccc12. The molecule has 4 aromatic rings. The summed E-state index contributed by atoms with van der Waals surface area (Å²) in [5.74, 6) is 0.756. The van der Waals surface area contributed by atoms with Crippen LogP contribution in [0, 0.1) is 0 Å². The highest BCUT2D eigenvalue weighted by molar-refractivity contribution is 9.10. The summed E-state index contributed by atoms with van der Waals surface area (Å²) < 4.78 is 1.19. The molecule has 0 aliphatic heterocycles. The second-order valence-electron chi connectivity index (χ2n) is 7.74. The molecular weight excluding hydrogens is 392 g/mol. The van der Waals surface area contributed by atoms with Gasteiger partial charge in [0.2, 0.25) is 0 Å². The summed E-state index contributed by atoms with van der Waals surface area (Å²) in [5, 5.41) is 5.19. The highest BCUT2D eigenvalue weighted by Gasteiger charge is 2.17. The van der Waals surface area contributed by atoms with Crippen LogP contribution in [0.1, 0.15) is 43.6 Å². The molecule has 4 aromatic carbocycles. The second kappa shape index (κ2) is 7.13. The molecule has 0 N–H and O–H groups in total. The molecule has 0 radical (unpaired) electrons. The van der Waals surface area contributed by atoms with Gasteiger partial charge in [-0.3, -0.25) is 0 Å². The van der Waals surface area contributed by atoms with E-state index < -0.39 is 0 Å². The summed E-state index contributed by atoms with van der Waals surface area (Å²) in [5.41, 5.74) is 4.18. The number of halogens is 1. The van der Waals surface area contributed by atoms with E-state index in [9.17, 15) is 0 Å². The van der Waals surface area contributed by atoms with Crippen molar-refractivity contribution in [2.45, 2.75) is 38.0 Å². The van der Waals surface area contributed by atoms with Crippen LogP contribution in [-0.4, -0.2) is 0 Å². The normalized spacial score (nSPS) is 15.4. The van der Waals surface area contributed by atoms with E-state index in [1.807, 2.05) is 0 Å². The highest BCUT2D eigenvalue weighted by Crippen LogP contribution is 2.42. The van der Waals surface area contributed by atoms with Gasteiger partial charge < -0.3 is 0 Å². The zero-order valence-corrected chi connectivity index (χ0v) is 17.0. The second-order valence-corrected chi connectivity index (χ2v) is 8.53. The van der Waals surface area contributed by atoms with Gasteiger partial charge in [-0.15, -0.1) is 0 Å². The lowest BCUT2D eigenvalue weighted by Crippen LogP contribution is -2.04. The summed E-state index contributed by atoms with van der Waals surface area (Å²) in [7, 11) is 0. The Kier molecular flexibility index (Phi) is 4.49. The third kappa shape index (κ3) is 2.99. The summed E-state index contributed by atoms with van der Waals surface area (Å²) in [6, 6.07) is 26.9. The molecular formula is C26H23Br. The van der Waals surface area contributed by atoms with Crippen LogP contribution in [0.4, 0.5) is 0 Å². The predicted octanol–water partition coefficient (Wildman–Crippen LogP) is 8.47. The van der Waals surface area contributed by atoms with Crippen LogP contribution in [0.2, 0.25) is 0 Å². The molecule has 0 aromatic heterocycles. The Hall–Kier alpha value is -2.12.